The van der Waals surface area contributed by atoms with Gasteiger partial charge in [-0.3, -0.25) is 4.79 Å². The van der Waals surface area contributed by atoms with E-state index in [0.29, 0.717) is 11.6 Å². The molecule has 14 heavy (non-hydrogen) atoms. The lowest BCUT2D eigenvalue weighted by molar-refractivity contribution is 0.0938. The molecule has 0 atom stereocenters. The highest BCUT2D eigenvalue weighted by molar-refractivity contribution is 5.98. The number of amides is 1. The fourth-order valence-electron chi connectivity index (χ4n) is 1.84. The van der Waals surface area contributed by atoms with Crippen molar-refractivity contribution in [1.82, 2.24) is 5.32 Å². The summed E-state index contributed by atoms with van der Waals surface area (Å²) >= 11 is 0. The smallest absolute Gasteiger partial charge is 0.257 e. The molecule has 0 aromatic carbocycles. The fraction of sp³-hybridized carbons (Fsp3) is 0.500. The summed E-state index contributed by atoms with van der Waals surface area (Å²) in [5.41, 5.74) is 5.93. The largest absolute Gasteiger partial charge is 0.448 e. The zero-order valence-corrected chi connectivity index (χ0v) is 7.95. The van der Waals surface area contributed by atoms with E-state index in [2.05, 4.69) is 5.32 Å². The number of nitrogen functional groups attached to an aromatic ring is 1. The van der Waals surface area contributed by atoms with Crippen LogP contribution in [0.15, 0.2) is 16.7 Å². The SMILES string of the molecule is Nc1occc1C(=O)NC1CCCC1. The minimum absolute atomic E-state index is 0.122. The number of rotatable bonds is 2. The molecule has 1 aliphatic rings. The van der Waals surface area contributed by atoms with Crippen molar-refractivity contribution < 1.29 is 9.21 Å². The number of carbonyl (C=O) groups excluding carboxylic acids is 1. The second kappa shape index (κ2) is 3.74. The molecule has 1 amide bonds. The highest BCUT2D eigenvalue weighted by Gasteiger charge is 2.19. The van der Waals surface area contributed by atoms with E-state index in [-0.39, 0.29) is 11.8 Å². The van der Waals surface area contributed by atoms with E-state index in [0.717, 1.165) is 12.8 Å². The minimum atomic E-state index is -0.122. The predicted molar refractivity (Wildman–Crippen MR) is 52.8 cm³/mol. The summed E-state index contributed by atoms with van der Waals surface area (Å²) in [6.07, 6.45) is 5.98. The minimum Gasteiger partial charge on any atom is -0.448 e. The first-order valence-corrected chi connectivity index (χ1v) is 4.91. The predicted octanol–water partition coefficient (Wildman–Crippen LogP) is 1.53. The van der Waals surface area contributed by atoms with Crippen LogP contribution in [0.4, 0.5) is 5.88 Å². The summed E-state index contributed by atoms with van der Waals surface area (Å²) < 4.78 is 4.87. The quantitative estimate of drug-likeness (QED) is 0.750. The zero-order chi connectivity index (χ0) is 9.97. The summed E-state index contributed by atoms with van der Waals surface area (Å²) in [6.45, 7) is 0. The Bertz CT molecular complexity index is 327. The van der Waals surface area contributed by atoms with Gasteiger partial charge in [0.15, 0.2) is 0 Å². The normalized spacial score (nSPS) is 17.1. The molecule has 1 aliphatic carbocycles. The first-order valence-electron chi connectivity index (χ1n) is 4.91. The Labute approximate surface area is 82.5 Å². The average Bonchev–Trinajstić information content (AvgIpc) is 2.75. The highest BCUT2D eigenvalue weighted by Crippen LogP contribution is 2.19. The van der Waals surface area contributed by atoms with Crippen molar-refractivity contribution in [3.05, 3.63) is 17.9 Å². The maximum atomic E-state index is 11.6. The Morgan fingerprint density at radius 3 is 2.79 bits per heavy atom. The van der Waals surface area contributed by atoms with Gasteiger partial charge in [0, 0.05) is 6.04 Å². The van der Waals surface area contributed by atoms with Crippen LogP contribution in [-0.4, -0.2) is 11.9 Å². The number of anilines is 1. The Balaban J connectivity index is 1.98. The summed E-state index contributed by atoms with van der Waals surface area (Å²) in [6, 6.07) is 1.91. The zero-order valence-electron chi connectivity index (χ0n) is 7.95. The van der Waals surface area contributed by atoms with Crippen LogP contribution in [0.3, 0.4) is 0 Å². The van der Waals surface area contributed by atoms with Gasteiger partial charge in [-0.25, -0.2) is 0 Å². The molecule has 1 heterocycles. The second-order valence-corrected chi connectivity index (χ2v) is 3.65. The van der Waals surface area contributed by atoms with Crippen LogP contribution in [0.1, 0.15) is 36.0 Å². The van der Waals surface area contributed by atoms with Crippen LogP contribution in [0, 0.1) is 0 Å². The van der Waals surface area contributed by atoms with E-state index in [1.807, 2.05) is 0 Å². The lowest BCUT2D eigenvalue weighted by atomic mass is 10.2. The van der Waals surface area contributed by atoms with Gasteiger partial charge in [0.25, 0.3) is 5.91 Å². The van der Waals surface area contributed by atoms with Crippen molar-refractivity contribution >= 4 is 11.8 Å². The molecule has 1 aromatic heterocycles. The van der Waals surface area contributed by atoms with Crippen molar-refractivity contribution in [2.24, 2.45) is 0 Å². The second-order valence-electron chi connectivity index (χ2n) is 3.65. The third-order valence-corrected chi connectivity index (χ3v) is 2.63. The fourth-order valence-corrected chi connectivity index (χ4v) is 1.84. The first-order chi connectivity index (χ1) is 6.77. The van der Waals surface area contributed by atoms with E-state index >= 15 is 0 Å². The van der Waals surface area contributed by atoms with Crippen molar-refractivity contribution in [2.75, 3.05) is 5.73 Å². The van der Waals surface area contributed by atoms with Gasteiger partial charge >= 0.3 is 0 Å². The third-order valence-electron chi connectivity index (χ3n) is 2.63. The Hall–Kier alpha value is -1.45. The lowest BCUT2D eigenvalue weighted by Crippen LogP contribution is -2.32. The topological polar surface area (TPSA) is 68.3 Å². The molecular weight excluding hydrogens is 180 g/mol. The molecule has 0 saturated heterocycles. The summed E-state index contributed by atoms with van der Waals surface area (Å²) in [4.78, 5) is 11.6. The molecule has 0 radical (unpaired) electrons. The molecule has 3 N–H and O–H groups in total. The molecule has 0 bridgehead atoms. The molecule has 2 rings (SSSR count). The summed E-state index contributed by atoms with van der Waals surface area (Å²) in [5, 5.41) is 2.94. The van der Waals surface area contributed by atoms with Crippen molar-refractivity contribution in [1.29, 1.82) is 0 Å². The van der Waals surface area contributed by atoms with Crippen molar-refractivity contribution in [3.63, 3.8) is 0 Å². The number of furan rings is 1. The van der Waals surface area contributed by atoms with Crippen LogP contribution >= 0.6 is 0 Å². The molecule has 0 unspecified atom stereocenters. The molecule has 4 nitrogen and oxygen atoms in total. The molecule has 76 valence electrons. The first kappa shape index (κ1) is 9.12. The van der Waals surface area contributed by atoms with Crippen LogP contribution in [-0.2, 0) is 0 Å². The van der Waals surface area contributed by atoms with Gasteiger partial charge in [0.2, 0.25) is 5.88 Å². The Morgan fingerprint density at radius 1 is 1.50 bits per heavy atom. The van der Waals surface area contributed by atoms with E-state index in [1.165, 1.54) is 19.1 Å². The molecular formula is C10H14N2O2. The van der Waals surface area contributed by atoms with Crippen molar-refractivity contribution in [3.8, 4) is 0 Å². The highest BCUT2D eigenvalue weighted by atomic mass is 16.3. The number of carbonyl (C=O) groups is 1. The molecule has 1 fully saturated rings. The van der Waals surface area contributed by atoms with Crippen LogP contribution < -0.4 is 11.1 Å². The molecule has 1 saturated carbocycles. The average molecular weight is 194 g/mol. The van der Waals surface area contributed by atoms with E-state index < -0.39 is 0 Å². The maximum Gasteiger partial charge on any atom is 0.257 e. The number of hydrogen-bond donors (Lipinski definition) is 2. The summed E-state index contributed by atoms with van der Waals surface area (Å²) in [7, 11) is 0. The molecule has 0 spiro atoms. The van der Waals surface area contributed by atoms with E-state index in [4.69, 9.17) is 10.2 Å². The van der Waals surface area contributed by atoms with Crippen LogP contribution in [0.25, 0.3) is 0 Å². The van der Waals surface area contributed by atoms with E-state index in [1.54, 1.807) is 6.07 Å². The monoisotopic (exact) mass is 194 g/mol. The van der Waals surface area contributed by atoms with Gasteiger partial charge in [-0.1, -0.05) is 12.8 Å². The van der Waals surface area contributed by atoms with Crippen LogP contribution in [0.5, 0.6) is 0 Å². The standard InChI is InChI=1S/C10H14N2O2/c11-9-8(5-6-14-9)10(13)12-7-3-1-2-4-7/h5-7H,1-4,11H2,(H,12,13). The van der Waals surface area contributed by atoms with Crippen molar-refractivity contribution in [2.45, 2.75) is 31.7 Å². The Morgan fingerprint density at radius 2 is 2.21 bits per heavy atom. The molecule has 1 aromatic rings. The third kappa shape index (κ3) is 1.73. The Kier molecular flexibility index (Phi) is 2.43. The number of nitrogens with two attached hydrogens (primary N) is 1. The lowest BCUT2D eigenvalue weighted by Gasteiger charge is -2.10. The number of nitrogens with one attached hydrogen (secondary N) is 1. The van der Waals surface area contributed by atoms with Gasteiger partial charge in [-0.15, -0.1) is 0 Å². The van der Waals surface area contributed by atoms with Gasteiger partial charge in [0.05, 0.1) is 6.26 Å². The molecule has 0 aliphatic heterocycles. The molecule has 4 heteroatoms. The summed E-state index contributed by atoms with van der Waals surface area (Å²) in [5.74, 6) is 0.0728. The van der Waals surface area contributed by atoms with E-state index in [9.17, 15) is 4.79 Å². The van der Waals surface area contributed by atoms with Gasteiger partial charge in [-0.05, 0) is 18.9 Å². The number of hydrogen-bond acceptors (Lipinski definition) is 3. The maximum absolute atomic E-state index is 11.6. The van der Waals surface area contributed by atoms with Gasteiger partial charge in [0.1, 0.15) is 5.56 Å². The van der Waals surface area contributed by atoms with Gasteiger partial charge in [-0.2, -0.15) is 0 Å². The van der Waals surface area contributed by atoms with Crippen LogP contribution in [0.2, 0.25) is 0 Å². The van der Waals surface area contributed by atoms with Gasteiger partial charge < -0.3 is 15.5 Å².